The van der Waals surface area contributed by atoms with Crippen molar-refractivity contribution in [2.45, 2.75) is 30.4 Å². The van der Waals surface area contributed by atoms with Gasteiger partial charge in [-0.2, -0.15) is 0 Å². The van der Waals surface area contributed by atoms with Crippen molar-refractivity contribution in [1.82, 2.24) is 14.9 Å². The normalized spacial score (nSPS) is 22.7. The molecule has 4 rings (SSSR count). The number of H-pyrrole nitrogens is 1. The molecular formula is C16H19N3O3S. The number of aromatic nitrogens is 2. The number of sulfone groups is 1. The van der Waals surface area contributed by atoms with Crippen molar-refractivity contribution < 1.29 is 13.2 Å². The second-order valence-electron chi connectivity index (χ2n) is 6.50. The molecule has 1 amide bonds. The lowest BCUT2D eigenvalue weighted by molar-refractivity contribution is 0.0760. The van der Waals surface area contributed by atoms with Crippen molar-refractivity contribution in [1.29, 1.82) is 0 Å². The number of hydrogen-bond donors (Lipinski definition) is 1. The maximum atomic E-state index is 12.8. The van der Waals surface area contributed by atoms with Gasteiger partial charge < -0.3 is 9.88 Å². The van der Waals surface area contributed by atoms with Crippen LogP contribution < -0.4 is 0 Å². The zero-order valence-corrected chi connectivity index (χ0v) is 13.6. The minimum absolute atomic E-state index is 0.0640. The summed E-state index contributed by atoms with van der Waals surface area (Å²) in [6.45, 7) is 0.764. The third-order valence-corrected chi connectivity index (χ3v) is 8.00. The number of fused-ring (bicyclic) bond motifs is 1. The number of hydrogen-bond acceptors (Lipinski definition) is 4. The molecule has 1 aliphatic carbocycles. The lowest BCUT2D eigenvalue weighted by atomic mass is 9.81. The first kappa shape index (κ1) is 14.7. The number of aromatic amines is 1. The molecule has 2 aromatic heterocycles. The molecule has 1 saturated heterocycles. The quantitative estimate of drug-likeness (QED) is 0.862. The Hall–Kier alpha value is -1.89. The Morgan fingerprint density at radius 3 is 2.83 bits per heavy atom. The maximum absolute atomic E-state index is 12.8. The predicted molar refractivity (Wildman–Crippen MR) is 87.0 cm³/mol. The van der Waals surface area contributed by atoms with Crippen molar-refractivity contribution in [2.75, 3.05) is 18.8 Å². The second-order valence-corrected chi connectivity index (χ2v) is 9.00. The minimum Gasteiger partial charge on any atom is -0.359 e. The zero-order chi connectivity index (χ0) is 16.1. The summed E-state index contributed by atoms with van der Waals surface area (Å²) >= 11 is 0. The van der Waals surface area contributed by atoms with Crippen molar-refractivity contribution >= 4 is 26.8 Å². The topological polar surface area (TPSA) is 83.1 Å². The van der Waals surface area contributed by atoms with E-state index in [0.29, 0.717) is 24.0 Å². The van der Waals surface area contributed by atoms with Crippen LogP contribution in [0.1, 0.15) is 36.0 Å². The van der Waals surface area contributed by atoms with E-state index in [0.717, 1.165) is 24.8 Å². The highest BCUT2D eigenvalue weighted by Gasteiger charge is 2.49. The first-order chi connectivity index (χ1) is 11.0. The Labute approximate surface area is 134 Å². The smallest absolute Gasteiger partial charge is 0.257 e. The Bertz CT molecular complexity index is 868. The highest BCUT2D eigenvalue weighted by atomic mass is 32.2. The van der Waals surface area contributed by atoms with Crippen LogP contribution in [0.4, 0.5) is 0 Å². The van der Waals surface area contributed by atoms with Gasteiger partial charge in [0, 0.05) is 25.5 Å². The fraction of sp³-hybridized carbons (Fsp3) is 0.500. The summed E-state index contributed by atoms with van der Waals surface area (Å²) in [5.41, 5.74) is 1.97. The standard InChI is InChI=1S/C16H19N3O3S/c20-15(12-11-18-13-3-1-7-17-14(12)13)19-8-6-16(4-2-5-16)23(21,22)10-9-19/h1,3,7,11,18H,2,4-6,8-10H2. The van der Waals surface area contributed by atoms with Crippen LogP contribution in [0.15, 0.2) is 24.5 Å². The predicted octanol–water partition coefficient (Wildman–Crippen LogP) is 1.75. The lowest BCUT2D eigenvalue weighted by Crippen LogP contribution is -2.46. The van der Waals surface area contributed by atoms with Gasteiger partial charge in [-0.05, 0) is 31.4 Å². The average molecular weight is 333 g/mol. The van der Waals surface area contributed by atoms with E-state index in [1.807, 2.05) is 12.1 Å². The van der Waals surface area contributed by atoms with E-state index in [9.17, 15) is 13.2 Å². The van der Waals surface area contributed by atoms with E-state index in [4.69, 9.17) is 0 Å². The summed E-state index contributed by atoms with van der Waals surface area (Å²) in [4.78, 5) is 21.8. The molecule has 0 bridgehead atoms. The van der Waals surface area contributed by atoms with Gasteiger partial charge in [-0.1, -0.05) is 6.42 Å². The molecule has 0 radical (unpaired) electrons. The fourth-order valence-electron chi connectivity index (χ4n) is 3.68. The van der Waals surface area contributed by atoms with Gasteiger partial charge in [-0.15, -0.1) is 0 Å². The lowest BCUT2D eigenvalue weighted by Gasteiger charge is -2.39. The Morgan fingerprint density at radius 1 is 1.26 bits per heavy atom. The minimum atomic E-state index is -3.12. The molecule has 1 aliphatic heterocycles. The summed E-state index contributed by atoms with van der Waals surface area (Å²) in [5.74, 6) is -0.0735. The van der Waals surface area contributed by atoms with Gasteiger partial charge in [0.1, 0.15) is 5.52 Å². The molecule has 23 heavy (non-hydrogen) atoms. The molecule has 1 saturated carbocycles. The summed E-state index contributed by atoms with van der Waals surface area (Å²) in [6.07, 6.45) is 6.33. The summed E-state index contributed by atoms with van der Waals surface area (Å²) in [6, 6.07) is 3.68. The number of nitrogens with zero attached hydrogens (tertiary/aromatic N) is 2. The van der Waals surface area contributed by atoms with Crippen LogP contribution >= 0.6 is 0 Å². The van der Waals surface area contributed by atoms with Crippen molar-refractivity contribution in [3.63, 3.8) is 0 Å². The van der Waals surface area contributed by atoms with Crippen LogP contribution in [0.3, 0.4) is 0 Å². The molecule has 0 unspecified atom stereocenters. The number of carbonyl (C=O) groups excluding carboxylic acids is 1. The van der Waals surface area contributed by atoms with Gasteiger partial charge in [0.15, 0.2) is 9.84 Å². The van der Waals surface area contributed by atoms with Gasteiger partial charge in [0.2, 0.25) is 0 Å². The first-order valence-electron chi connectivity index (χ1n) is 7.96. The fourth-order valence-corrected chi connectivity index (χ4v) is 5.88. The third kappa shape index (κ3) is 2.17. The second kappa shape index (κ2) is 5.06. The van der Waals surface area contributed by atoms with Gasteiger partial charge in [-0.3, -0.25) is 9.78 Å². The molecular weight excluding hydrogens is 314 g/mol. The molecule has 2 aliphatic rings. The SMILES string of the molecule is O=C(c1c[nH]c2cccnc12)N1CCC2(CCC2)S(=O)(=O)CC1. The van der Waals surface area contributed by atoms with Crippen molar-refractivity contribution in [2.24, 2.45) is 0 Å². The van der Waals surface area contributed by atoms with E-state index >= 15 is 0 Å². The number of carbonyl (C=O) groups is 1. The van der Waals surface area contributed by atoms with Crippen LogP contribution in [-0.4, -0.2) is 52.8 Å². The van der Waals surface area contributed by atoms with Crippen molar-refractivity contribution in [3.8, 4) is 0 Å². The maximum Gasteiger partial charge on any atom is 0.257 e. The Kier molecular flexibility index (Phi) is 3.23. The Balaban J connectivity index is 1.62. The van der Waals surface area contributed by atoms with Gasteiger partial charge >= 0.3 is 0 Å². The molecule has 1 N–H and O–H groups in total. The largest absolute Gasteiger partial charge is 0.359 e. The number of nitrogens with one attached hydrogen (secondary N) is 1. The molecule has 122 valence electrons. The van der Waals surface area contributed by atoms with Crippen LogP contribution in [0.5, 0.6) is 0 Å². The van der Waals surface area contributed by atoms with E-state index < -0.39 is 14.6 Å². The highest BCUT2D eigenvalue weighted by Crippen LogP contribution is 2.44. The van der Waals surface area contributed by atoms with Crippen LogP contribution in [0.25, 0.3) is 11.0 Å². The van der Waals surface area contributed by atoms with Gasteiger partial charge in [0.05, 0.1) is 21.6 Å². The van der Waals surface area contributed by atoms with Gasteiger partial charge in [0.25, 0.3) is 5.91 Å². The molecule has 6 nitrogen and oxygen atoms in total. The van der Waals surface area contributed by atoms with Crippen LogP contribution in [0.2, 0.25) is 0 Å². The summed E-state index contributed by atoms with van der Waals surface area (Å²) in [5, 5.41) is 0. The molecule has 0 aromatic carbocycles. The zero-order valence-electron chi connectivity index (χ0n) is 12.8. The molecule has 7 heteroatoms. The number of pyridine rings is 1. The Morgan fingerprint density at radius 2 is 2.09 bits per heavy atom. The van der Waals surface area contributed by atoms with E-state index in [1.165, 1.54) is 0 Å². The van der Waals surface area contributed by atoms with Gasteiger partial charge in [-0.25, -0.2) is 8.42 Å². The molecule has 1 spiro atoms. The average Bonchev–Trinajstić information content (AvgIpc) is 2.85. The monoisotopic (exact) mass is 333 g/mol. The highest BCUT2D eigenvalue weighted by molar-refractivity contribution is 7.92. The number of rotatable bonds is 1. The van der Waals surface area contributed by atoms with E-state index in [-0.39, 0.29) is 18.2 Å². The van der Waals surface area contributed by atoms with E-state index in [1.54, 1.807) is 17.3 Å². The number of amides is 1. The van der Waals surface area contributed by atoms with Crippen LogP contribution in [-0.2, 0) is 9.84 Å². The molecule has 0 atom stereocenters. The van der Waals surface area contributed by atoms with E-state index in [2.05, 4.69) is 9.97 Å². The molecule has 2 fully saturated rings. The molecule has 3 heterocycles. The summed E-state index contributed by atoms with van der Waals surface area (Å²) < 4.78 is 24.5. The third-order valence-electron chi connectivity index (χ3n) is 5.34. The van der Waals surface area contributed by atoms with Crippen LogP contribution in [0, 0.1) is 0 Å². The first-order valence-corrected chi connectivity index (χ1v) is 9.61. The van der Waals surface area contributed by atoms with Crippen molar-refractivity contribution in [3.05, 3.63) is 30.1 Å². The summed E-state index contributed by atoms with van der Waals surface area (Å²) in [7, 11) is -3.12. The molecule has 2 aromatic rings.